The van der Waals surface area contributed by atoms with Crippen molar-refractivity contribution in [1.82, 2.24) is 9.88 Å². The van der Waals surface area contributed by atoms with Gasteiger partial charge in [-0.25, -0.2) is 9.78 Å². The number of primary amides is 1. The second-order valence-corrected chi connectivity index (χ2v) is 6.52. The zero-order chi connectivity index (χ0) is 16.2. The smallest absolute Gasteiger partial charge is 0.323 e. The number of thiazole rings is 1. The lowest BCUT2D eigenvalue weighted by molar-refractivity contribution is -0.122. The maximum absolute atomic E-state index is 12.3. The molecule has 2 heterocycles. The first kappa shape index (κ1) is 15.5. The molecule has 1 fully saturated rings. The van der Waals surface area contributed by atoms with E-state index < -0.39 is 0 Å². The maximum Gasteiger partial charge on any atom is 0.323 e. The second kappa shape index (κ2) is 6.78. The molecule has 1 saturated heterocycles. The lowest BCUT2D eigenvalue weighted by Crippen LogP contribution is -2.43. The van der Waals surface area contributed by atoms with Crippen molar-refractivity contribution >= 4 is 28.4 Å². The highest BCUT2D eigenvalue weighted by Crippen LogP contribution is 2.29. The van der Waals surface area contributed by atoms with Crippen molar-refractivity contribution < 1.29 is 9.59 Å². The number of aromatic nitrogens is 1. The summed E-state index contributed by atoms with van der Waals surface area (Å²) < 4.78 is 0. The zero-order valence-corrected chi connectivity index (χ0v) is 13.4. The minimum Gasteiger partial charge on any atom is -0.369 e. The van der Waals surface area contributed by atoms with Crippen LogP contribution >= 0.6 is 11.3 Å². The number of rotatable bonds is 3. The normalized spacial score (nSPS) is 15.4. The minimum atomic E-state index is -0.280. The number of nitrogens with two attached hydrogens (primary N) is 1. The monoisotopic (exact) mass is 330 g/mol. The average molecular weight is 330 g/mol. The molecule has 2 aromatic rings. The number of carbonyl (C=O) groups is 2. The third kappa shape index (κ3) is 3.68. The van der Waals surface area contributed by atoms with Crippen molar-refractivity contribution in [2.45, 2.75) is 12.8 Å². The van der Waals surface area contributed by atoms with Crippen molar-refractivity contribution in [1.29, 1.82) is 0 Å². The first-order valence-corrected chi connectivity index (χ1v) is 8.31. The van der Waals surface area contributed by atoms with Gasteiger partial charge in [0.25, 0.3) is 0 Å². The van der Waals surface area contributed by atoms with Gasteiger partial charge in [-0.15, -0.1) is 0 Å². The van der Waals surface area contributed by atoms with Crippen LogP contribution in [0.3, 0.4) is 0 Å². The molecule has 0 atom stereocenters. The highest BCUT2D eigenvalue weighted by Gasteiger charge is 2.26. The Labute approximate surface area is 138 Å². The van der Waals surface area contributed by atoms with Crippen molar-refractivity contribution in [3.8, 4) is 10.4 Å². The predicted octanol–water partition coefficient (Wildman–Crippen LogP) is 2.54. The van der Waals surface area contributed by atoms with Gasteiger partial charge in [0, 0.05) is 25.2 Å². The summed E-state index contributed by atoms with van der Waals surface area (Å²) in [5, 5.41) is 3.40. The Bertz CT molecular complexity index is 693. The number of urea groups is 1. The van der Waals surface area contributed by atoms with Gasteiger partial charge in [0.15, 0.2) is 5.13 Å². The number of nitrogens with zero attached hydrogens (tertiary/aromatic N) is 2. The van der Waals surface area contributed by atoms with Crippen LogP contribution in [0.5, 0.6) is 0 Å². The van der Waals surface area contributed by atoms with Gasteiger partial charge in [-0.1, -0.05) is 41.7 Å². The van der Waals surface area contributed by atoms with Crippen LogP contribution in [0.25, 0.3) is 10.4 Å². The number of hydrogen-bond acceptors (Lipinski definition) is 4. The summed E-state index contributed by atoms with van der Waals surface area (Å²) in [6.07, 6.45) is 3.00. The van der Waals surface area contributed by atoms with Crippen LogP contribution < -0.4 is 11.1 Å². The van der Waals surface area contributed by atoms with E-state index >= 15 is 0 Å². The lowest BCUT2D eigenvalue weighted by atomic mass is 9.96. The molecule has 3 rings (SSSR count). The number of carbonyl (C=O) groups excluding carboxylic acids is 2. The molecule has 1 aliphatic heterocycles. The molecule has 1 aromatic carbocycles. The number of anilines is 1. The van der Waals surface area contributed by atoms with Gasteiger partial charge >= 0.3 is 6.03 Å². The van der Waals surface area contributed by atoms with Crippen LogP contribution in [0.2, 0.25) is 0 Å². The first-order valence-electron chi connectivity index (χ1n) is 7.50. The van der Waals surface area contributed by atoms with Crippen molar-refractivity contribution in [2.24, 2.45) is 11.7 Å². The number of benzene rings is 1. The highest BCUT2D eigenvalue weighted by atomic mass is 32.1. The summed E-state index contributed by atoms with van der Waals surface area (Å²) in [7, 11) is 0. The first-order chi connectivity index (χ1) is 11.1. The molecule has 0 aliphatic carbocycles. The van der Waals surface area contributed by atoms with E-state index in [0.717, 1.165) is 10.4 Å². The summed E-state index contributed by atoms with van der Waals surface area (Å²) in [5.74, 6) is -0.402. The molecule has 1 aliphatic rings. The molecule has 3 N–H and O–H groups in total. The topological polar surface area (TPSA) is 88.3 Å². The van der Waals surface area contributed by atoms with Gasteiger partial charge in [0.05, 0.1) is 4.88 Å². The summed E-state index contributed by atoms with van der Waals surface area (Å²) in [6.45, 7) is 1.08. The van der Waals surface area contributed by atoms with Crippen LogP contribution in [-0.4, -0.2) is 34.9 Å². The molecule has 6 nitrogen and oxygen atoms in total. The molecule has 120 valence electrons. The van der Waals surface area contributed by atoms with E-state index in [1.54, 1.807) is 11.1 Å². The maximum atomic E-state index is 12.3. The molecule has 3 amide bonds. The quantitative estimate of drug-likeness (QED) is 0.906. The standard InChI is InChI=1S/C16H18N4O2S/c17-14(21)12-6-8-20(9-7-12)16(22)19-15-18-10-13(23-15)11-4-2-1-3-5-11/h1-5,10,12H,6-9H2,(H2,17,21)(H,18,19,22). The van der Waals surface area contributed by atoms with Gasteiger partial charge in [-0.2, -0.15) is 0 Å². The molecule has 1 aromatic heterocycles. The van der Waals surface area contributed by atoms with Crippen LogP contribution in [0.15, 0.2) is 36.5 Å². The molecule has 23 heavy (non-hydrogen) atoms. The minimum absolute atomic E-state index is 0.122. The predicted molar refractivity (Wildman–Crippen MR) is 90.1 cm³/mol. The average Bonchev–Trinajstić information content (AvgIpc) is 3.04. The fraction of sp³-hybridized carbons (Fsp3) is 0.312. The van der Waals surface area contributed by atoms with Gasteiger partial charge in [0.1, 0.15) is 0 Å². The van der Waals surface area contributed by atoms with Crippen molar-refractivity contribution in [3.05, 3.63) is 36.5 Å². The second-order valence-electron chi connectivity index (χ2n) is 5.49. The zero-order valence-electron chi connectivity index (χ0n) is 12.6. The molecule has 0 unspecified atom stereocenters. The van der Waals surface area contributed by atoms with E-state index in [0.29, 0.717) is 31.1 Å². The number of amides is 3. The number of piperidine rings is 1. The Morgan fingerprint density at radius 1 is 1.22 bits per heavy atom. The van der Waals surface area contributed by atoms with Crippen LogP contribution in [0.4, 0.5) is 9.93 Å². The summed E-state index contributed by atoms with van der Waals surface area (Å²) in [4.78, 5) is 30.4. The summed E-state index contributed by atoms with van der Waals surface area (Å²) >= 11 is 1.44. The van der Waals surface area contributed by atoms with E-state index in [-0.39, 0.29) is 17.9 Å². The molecule has 7 heteroatoms. The Balaban J connectivity index is 1.59. The van der Waals surface area contributed by atoms with Gasteiger partial charge in [0.2, 0.25) is 5.91 Å². The number of nitrogens with one attached hydrogen (secondary N) is 1. The Morgan fingerprint density at radius 2 is 1.91 bits per heavy atom. The van der Waals surface area contributed by atoms with Crippen molar-refractivity contribution in [3.63, 3.8) is 0 Å². The SMILES string of the molecule is NC(=O)C1CCN(C(=O)Nc2ncc(-c3ccccc3)s2)CC1. The van der Waals surface area contributed by atoms with Gasteiger partial charge in [-0.05, 0) is 18.4 Å². The number of hydrogen-bond donors (Lipinski definition) is 2. The Kier molecular flexibility index (Phi) is 4.57. The number of likely N-dealkylation sites (tertiary alicyclic amines) is 1. The van der Waals surface area contributed by atoms with Crippen LogP contribution in [0, 0.1) is 5.92 Å². The summed E-state index contributed by atoms with van der Waals surface area (Å²) in [5.41, 5.74) is 6.38. The Hall–Kier alpha value is -2.41. The molecule has 0 radical (unpaired) electrons. The molecule has 0 saturated carbocycles. The highest BCUT2D eigenvalue weighted by molar-refractivity contribution is 7.19. The van der Waals surface area contributed by atoms with E-state index in [4.69, 9.17) is 5.73 Å². The van der Waals surface area contributed by atoms with Crippen molar-refractivity contribution in [2.75, 3.05) is 18.4 Å². The lowest BCUT2D eigenvalue weighted by Gasteiger charge is -2.30. The molecular formula is C16H18N4O2S. The summed E-state index contributed by atoms with van der Waals surface area (Å²) in [6, 6.07) is 9.73. The third-order valence-electron chi connectivity index (χ3n) is 3.96. The van der Waals surface area contributed by atoms with E-state index in [9.17, 15) is 9.59 Å². The Morgan fingerprint density at radius 3 is 2.57 bits per heavy atom. The van der Waals surface area contributed by atoms with Gasteiger partial charge in [-0.3, -0.25) is 10.1 Å². The molecule has 0 bridgehead atoms. The third-order valence-corrected chi connectivity index (χ3v) is 4.92. The molecular weight excluding hydrogens is 312 g/mol. The van der Waals surface area contributed by atoms with Crippen LogP contribution in [0.1, 0.15) is 12.8 Å². The van der Waals surface area contributed by atoms with E-state index in [1.807, 2.05) is 30.3 Å². The fourth-order valence-electron chi connectivity index (χ4n) is 2.61. The molecule has 0 spiro atoms. The fourth-order valence-corrected chi connectivity index (χ4v) is 3.42. The largest absolute Gasteiger partial charge is 0.369 e. The van der Waals surface area contributed by atoms with E-state index in [2.05, 4.69) is 10.3 Å². The van der Waals surface area contributed by atoms with E-state index in [1.165, 1.54) is 11.3 Å². The van der Waals surface area contributed by atoms with Crippen LogP contribution in [-0.2, 0) is 4.79 Å². The van der Waals surface area contributed by atoms with Gasteiger partial charge < -0.3 is 10.6 Å².